The number of aromatic nitrogens is 1. The molecule has 3 atom stereocenters. The number of rotatable bonds is 12. The molecule has 1 aromatic heterocycles. The summed E-state index contributed by atoms with van der Waals surface area (Å²) in [4.78, 5) is 54.1. The van der Waals surface area contributed by atoms with Crippen molar-refractivity contribution in [2.75, 3.05) is 19.6 Å². The Hall–Kier alpha value is -3.44. The van der Waals surface area contributed by atoms with Crippen LogP contribution in [0, 0.1) is 0 Å². The molecule has 2 aromatic rings. The number of nitrogens with one attached hydrogen (secondary N) is 3. The minimum Gasteiger partial charge on any atom is -0.480 e. The smallest absolute Gasteiger partial charge is 0.326 e. The minimum atomic E-state index is -1.17. The van der Waals surface area contributed by atoms with Gasteiger partial charge in [-0.1, -0.05) is 24.6 Å². The van der Waals surface area contributed by atoms with Gasteiger partial charge in [0.2, 0.25) is 17.7 Å². The zero-order valence-electron chi connectivity index (χ0n) is 19.7. The van der Waals surface area contributed by atoms with Crippen molar-refractivity contribution in [2.24, 2.45) is 11.5 Å². The van der Waals surface area contributed by atoms with Gasteiger partial charge >= 0.3 is 5.97 Å². The molecule has 3 amide bonds. The van der Waals surface area contributed by atoms with E-state index in [1.807, 2.05) is 24.3 Å². The Morgan fingerprint density at radius 2 is 1.97 bits per heavy atom. The summed E-state index contributed by atoms with van der Waals surface area (Å²) >= 11 is 0. The van der Waals surface area contributed by atoms with Crippen molar-refractivity contribution in [2.45, 2.75) is 56.7 Å². The van der Waals surface area contributed by atoms with E-state index >= 15 is 0 Å². The third kappa shape index (κ3) is 6.80. The number of unbranched alkanes of at least 4 members (excludes halogenated alkanes) is 1. The van der Waals surface area contributed by atoms with Crippen molar-refractivity contribution in [1.82, 2.24) is 20.5 Å². The lowest BCUT2D eigenvalue weighted by atomic mass is 10.0. The summed E-state index contributed by atoms with van der Waals surface area (Å²) in [6.07, 6.45) is 4.96. The number of likely N-dealkylation sites (tertiary alicyclic amines) is 1. The second-order valence-corrected chi connectivity index (χ2v) is 8.82. The predicted molar refractivity (Wildman–Crippen MR) is 130 cm³/mol. The van der Waals surface area contributed by atoms with E-state index in [1.165, 1.54) is 4.90 Å². The second-order valence-electron chi connectivity index (χ2n) is 8.82. The minimum absolute atomic E-state index is 0.0893. The Kier molecular flexibility index (Phi) is 9.21. The molecular formula is C24H34N6O5. The second kappa shape index (κ2) is 12.3. The fourth-order valence-corrected chi connectivity index (χ4v) is 4.40. The molecule has 0 aliphatic carbocycles. The molecule has 2 heterocycles. The van der Waals surface area contributed by atoms with E-state index in [4.69, 9.17) is 11.5 Å². The Morgan fingerprint density at radius 3 is 2.71 bits per heavy atom. The van der Waals surface area contributed by atoms with E-state index in [0.717, 1.165) is 29.3 Å². The first-order valence-corrected chi connectivity index (χ1v) is 11.9. The number of H-pyrrole nitrogens is 1. The van der Waals surface area contributed by atoms with Crippen LogP contribution in [0.2, 0.25) is 0 Å². The molecule has 1 aliphatic rings. The fraction of sp³-hybridized carbons (Fsp3) is 0.500. The van der Waals surface area contributed by atoms with Gasteiger partial charge in [0.15, 0.2) is 0 Å². The van der Waals surface area contributed by atoms with Crippen LogP contribution in [0.3, 0.4) is 0 Å². The number of aliphatic carboxylic acids is 1. The molecule has 35 heavy (non-hydrogen) atoms. The third-order valence-electron chi connectivity index (χ3n) is 6.28. The zero-order chi connectivity index (χ0) is 25.4. The number of carbonyl (C=O) groups is 4. The Balaban J connectivity index is 1.52. The van der Waals surface area contributed by atoms with Gasteiger partial charge in [-0.25, -0.2) is 4.79 Å². The van der Waals surface area contributed by atoms with Crippen molar-refractivity contribution in [3.8, 4) is 0 Å². The maximum absolute atomic E-state index is 12.7. The van der Waals surface area contributed by atoms with E-state index in [2.05, 4.69) is 15.6 Å². The van der Waals surface area contributed by atoms with Crippen LogP contribution in [0.4, 0.5) is 0 Å². The van der Waals surface area contributed by atoms with Crippen LogP contribution in [0.1, 0.15) is 37.7 Å². The van der Waals surface area contributed by atoms with Gasteiger partial charge in [-0.2, -0.15) is 0 Å². The van der Waals surface area contributed by atoms with Gasteiger partial charge in [0.1, 0.15) is 12.1 Å². The highest BCUT2D eigenvalue weighted by atomic mass is 16.4. The lowest BCUT2D eigenvalue weighted by Gasteiger charge is -2.26. The van der Waals surface area contributed by atoms with Gasteiger partial charge < -0.3 is 37.1 Å². The largest absolute Gasteiger partial charge is 0.480 e. The van der Waals surface area contributed by atoms with Crippen LogP contribution in [0.15, 0.2) is 30.5 Å². The van der Waals surface area contributed by atoms with Gasteiger partial charge in [0, 0.05) is 30.1 Å². The van der Waals surface area contributed by atoms with E-state index < -0.39 is 42.5 Å². The summed E-state index contributed by atoms with van der Waals surface area (Å²) in [6, 6.07) is 4.93. The molecule has 0 radical (unpaired) electrons. The topological polar surface area (TPSA) is 184 Å². The molecule has 1 saturated heterocycles. The molecule has 8 N–H and O–H groups in total. The van der Waals surface area contributed by atoms with E-state index in [0.29, 0.717) is 32.4 Å². The summed E-state index contributed by atoms with van der Waals surface area (Å²) in [5.74, 6) is -2.54. The van der Waals surface area contributed by atoms with Gasteiger partial charge in [0.25, 0.3) is 0 Å². The number of fused-ring (bicyclic) bond motifs is 1. The lowest BCUT2D eigenvalue weighted by Crippen LogP contribution is -2.53. The number of nitrogens with two attached hydrogens (primary N) is 2. The average Bonchev–Trinajstić information content (AvgIpc) is 3.49. The number of nitrogens with zero attached hydrogens (tertiary/aromatic N) is 1. The van der Waals surface area contributed by atoms with Crippen LogP contribution in [-0.2, 0) is 25.6 Å². The van der Waals surface area contributed by atoms with Crippen LogP contribution in [0.25, 0.3) is 10.9 Å². The first-order chi connectivity index (χ1) is 16.8. The van der Waals surface area contributed by atoms with E-state index in [-0.39, 0.29) is 12.3 Å². The summed E-state index contributed by atoms with van der Waals surface area (Å²) in [7, 11) is 0. The number of hydrogen-bond donors (Lipinski definition) is 6. The molecule has 0 saturated carbocycles. The highest BCUT2D eigenvalue weighted by Crippen LogP contribution is 2.20. The molecule has 1 aliphatic heterocycles. The number of para-hydroxylation sites is 1. The maximum Gasteiger partial charge on any atom is 0.326 e. The number of carboxylic acids is 1. The maximum atomic E-state index is 12.7. The molecule has 3 rings (SSSR count). The first-order valence-electron chi connectivity index (χ1n) is 11.9. The van der Waals surface area contributed by atoms with Gasteiger partial charge in [0.05, 0.1) is 12.6 Å². The molecular weight excluding hydrogens is 452 g/mol. The molecule has 1 aromatic carbocycles. The van der Waals surface area contributed by atoms with Crippen molar-refractivity contribution in [3.05, 3.63) is 36.0 Å². The first kappa shape index (κ1) is 26.2. The van der Waals surface area contributed by atoms with Crippen molar-refractivity contribution in [3.63, 3.8) is 0 Å². The number of amides is 3. The third-order valence-corrected chi connectivity index (χ3v) is 6.28. The Morgan fingerprint density at radius 1 is 1.20 bits per heavy atom. The average molecular weight is 487 g/mol. The highest BCUT2D eigenvalue weighted by Gasteiger charge is 2.36. The molecule has 0 bridgehead atoms. The standard InChI is InChI=1S/C24H34N6O5/c25-10-4-3-7-17(26)23(33)30-11-5-9-20(30)22(32)28-14-21(31)29-19(24(34)35)12-15-13-27-18-8-2-1-6-16(15)18/h1-2,6,8,13,17,19-20,27H,3-5,7,9-12,14,25-26H2,(H,28,32)(H,29,31)(H,34,35). The van der Waals surface area contributed by atoms with Crippen LogP contribution < -0.4 is 22.1 Å². The lowest BCUT2D eigenvalue weighted by molar-refractivity contribution is -0.142. The molecule has 3 unspecified atom stereocenters. The summed E-state index contributed by atoms with van der Waals surface area (Å²) in [5.41, 5.74) is 13.1. The summed E-state index contributed by atoms with van der Waals surface area (Å²) < 4.78 is 0. The van der Waals surface area contributed by atoms with Crippen LogP contribution >= 0.6 is 0 Å². The van der Waals surface area contributed by atoms with Crippen molar-refractivity contribution >= 4 is 34.6 Å². The normalized spacial score (nSPS) is 17.2. The molecule has 190 valence electrons. The SMILES string of the molecule is NCCCCC(N)C(=O)N1CCCC1C(=O)NCC(=O)NC(Cc1c[nH]c2ccccc12)C(=O)O. The number of benzene rings is 1. The molecule has 11 nitrogen and oxygen atoms in total. The highest BCUT2D eigenvalue weighted by molar-refractivity contribution is 5.93. The number of carbonyl (C=O) groups excluding carboxylic acids is 3. The Labute approximate surface area is 203 Å². The number of aromatic amines is 1. The molecule has 11 heteroatoms. The number of hydrogen-bond acceptors (Lipinski definition) is 6. The van der Waals surface area contributed by atoms with Crippen LogP contribution in [0.5, 0.6) is 0 Å². The van der Waals surface area contributed by atoms with Gasteiger partial charge in [-0.15, -0.1) is 0 Å². The van der Waals surface area contributed by atoms with E-state index in [1.54, 1.807) is 6.20 Å². The Bertz CT molecular complexity index is 1050. The monoisotopic (exact) mass is 486 g/mol. The van der Waals surface area contributed by atoms with Gasteiger partial charge in [-0.3, -0.25) is 14.4 Å². The van der Waals surface area contributed by atoms with Gasteiger partial charge in [-0.05, 0) is 43.9 Å². The fourth-order valence-electron chi connectivity index (χ4n) is 4.40. The number of carboxylic acid groups (broad SMARTS) is 1. The van der Waals surface area contributed by atoms with E-state index in [9.17, 15) is 24.3 Å². The van der Waals surface area contributed by atoms with Crippen LogP contribution in [-0.4, -0.2) is 76.4 Å². The quantitative estimate of drug-likeness (QED) is 0.225. The summed E-state index contributed by atoms with van der Waals surface area (Å²) in [6.45, 7) is 0.569. The molecule has 1 fully saturated rings. The van der Waals surface area contributed by atoms with Crippen molar-refractivity contribution in [1.29, 1.82) is 0 Å². The zero-order valence-corrected chi connectivity index (χ0v) is 19.7. The summed E-state index contributed by atoms with van der Waals surface area (Å²) in [5, 5.41) is 15.5. The van der Waals surface area contributed by atoms with Crippen molar-refractivity contribution < 1.29 is 24.3 Å². The molecule has 0 spiro atoms. The predicted octanol–water partition coefficient (Wildman–Crippen LogP) is -0.157.